The van der Waals surface area contributed by atoms with E-state index in [9.17, 15) is 0 Å². The maximum atomic E-state index is 8.84. The van der Waals surface area contributed by atoms with Crippen molar-refractivity contribution in [3.05, 3.63) is 47.2 Å². The van der Waals surface area contributed by atoms with E-state index in [0.717, 1.165) is 11.3 Å². The van der Waals surface area contributed by atoms with Gasteiger partial charge in [-0.1, -0.05) is 11.2 Å². The fraction of sp³-hybridized carbons (Fsp3) is 0.200. The third kappa shape index (κ3) is 3.22. The second-order valence-corrected chi connectivity index (χ2v) is 4.55. The van der Waals surface area contributed by atoms with E-state index in [0.29, 0.717) is 17.1 Å². The number of amidine groups is 1. The molecule has 0 unspecified atom stereocenters. The van der Waals surface area contributed by atoms with Crippen molar-refractivity contribution in [2.24, 2.45) is 10.9 Å². The van der Waals surface area contributed by atoms with E-state index in [1.54, 1.807) is 25.3 Å². The first kappa shape index (κ1) is 14.6. The van der Waals surface area contributed by atoms with E-state index < -0.39 is 0 Å². The van der Waals surface area contributed by atoms with Crippen LogP contribution in [0.1, 0.15) is 16.8 Å². The zero-order chi connectivity index (χ0) is 15.4. The molecule has 2 rings (SSSR count). The molecule has 0 spiro atoms. The molecule has 6 nitrogen and oxygen atoms in total. The van der Waals surface area contributed by atoms with Crippen molar-refractivity contribution >= 4 is 5.84 Å². The molecule has 0 saturated heterocycles. The summed E-state index contributed by atoms with van der Waals surface area (Å²) in [5.41, 5.74) is 7.85. The molecule has 0 aliphatic rings. The zero-order valence-electron chi connectivity index (χ0n) is 12.1. The highest BCUT2D eigenvalue weighted by Crippen LogP contribution is 2.32. The number of nitrogens with two attached hydrogens (primary N) is 1. The summed E-state index contributed by atoms with van der Waals surface area (Å²) in [7, 11) is 1.57. The van der Waals surface area contributed by atoms with E-state index in [1.807, 2.05) is 26.0 Å². The number of rotatable bonds is 4. The second-order valence-electron chi connectivity index (χ2n) is 4.55. The quantitative estimate of drug-likeness (QED) is 0.390. The average molecular weight is 287 g/mol. The van der Waals surface area contributed by atoms with Crippen LogP contribution in [0.25, 0.3) is 0 Å². The third-order valence-electron chi connectivity index (χ3n) is 2.91. The molecule has 0 atom stereocenters. The first-order valence-electron chi connectivity index (χ1n) is 6.33. The number of aryl methyl sites for hydroxylation is 2. The summed E-state index contributed by atoms with van der Waals surface area (Å²) < 4.78 is 11.1. The van der Waals surface area contributed by atoms with E-state index in [2.05, 4.69) is 10.1 Å². The van der Waals surface area contributed by atoms with E-state index in [4.69, 9.17) is 20.4 Å². The Morgan fingerprint density at radius 1 is 1.19 bits per heavy atom. The molecule has 1 heterocycles. The minimum absolute atomic E-state index is 0.0661. The summed E-state index contributed by atoms with van der Waals surface area (Å²) in [5.74, 6) is 1.29. The molecule has 0 saturated carbocycles. The van der Waals surface area contributed by atoms with Gasteiger partial charge in [0.1, 0.15) is 0 Å². The molecule has 1 aromatic carbocycles. The van der Waals surface area contributed by atoms with Crippen molar-refractivity contribution in [1.82, 2.24) is 4.98 Å². The fourth-order valence-electron chi connectivity index (χ4n) is 1.82. The Labute approximate surface area is 122 Å². The summed E-state index contributed by atoms with van der Waals surface area (Å²) in [5, 5.41) is 11.8. The molecule has 0 bridgehead atoms. The Hall–Kier alpha value is -2.76. The lowest BCUT2D eigenvalue weighted by atomic mass is 10.2. The summed E-state index contributed by atoms with van der Waals surface area (Å²) in [6.45, 7) is 3.79. The van der Waals surface area contributed by atoms with Gasteiger partial charge in [0, 0.05) is 5.69 Å². The maximum Gasteiger partial charge on any atom is 0.230 e. The third-order valence-corrected chi connectivity index (χ3v) is 2.91. The summed E-state index contributed by atoms with van der Waals surface area (Å²) >= 11 is 0. The Kier molecular flexibility index (Phi) is 4.27. The SMILES string of the molecule is COc1cc(C)ccc1Oc1nc(C)ccc1C(N)=NO. The molecular formula is C15H17N3O3. The standard InChI is InChI=1S/C15H17N3O3/c1-9-4-7-12(13(8-9)20-3)21-15-11(14(16)18-19)6-5-10(2)17-15/h4-8,19H,1-3H3,(H2,16,18). The van der Waals surface area contributed by atoms with Crippen molar-refractivity contribution < 1.29 is 14.7 Å². The lowest BCUT2D eigenvalue weighted by Gasteiger charge is -2.13. The van der Waals surface area contributed by atoms with E-state index >= 15 is 0 Å². The van der Waals surface area contributed by atoms with Crippen molar-refractivity contribution in [1.29, 1.82) is 0 Å². The van der Waals surface area contributed by atoms with Gasteiger partial charge < -0.3 is 20.4 Å². The van der Waals surface area contributed by atoms with Crippen molar-refractivity contribution in [2.75, 3.05) is 7.11 Å². The fourth-order valence-corrected chi connectivity index (χ4v) is 1.82. The lowest BCUT2D eigenvalue weighted by Crippen LogP contribution is -2.15. The highest BCUT2D eigenvalue weighted by atomic mass is 16.5. The number of pyridine rings is 1. The number of oxime groups is 1. The van der Waals surface area contributed by atoms with Crippen LogP contribution in [0.2, 0.25) is 0 Å². The summed E-state index contributed by atoms with van der Waals surface area (Å²) in [6.07, 6.45) is 0. The van der Waals surface area contributed by atoms with Crippen LogP contribution in [0, 0.1) is 13.8 Å². The molecule has 0 fully saturated rings. The van der Waals surface area contributed by atoms with E-state index in [-0.39, 0.29) is 11.7 Å². The van der Waals surface area contributed by atoms with Gasteiger partial charge in [-0.15, -0.1) is 0 Å². The molecule has 6 heteroatoms. The van der Waals surface area contributed by atoms with E-state index in [1.165, 1.54) is 0 Å². The second kappa shape index (κ2) is 6.13. The van der Waals surface area contributed by atoms with Gasteiger partial charge in [-0.2, -0.15) is 0 Å². The first-order chi connectivity index (χ1) is 10.0. The molecule has 0 radical (unpaired) electrons. The molecule has 1 aromatic heterocycles. The van der Waals surface area contributed by atoms with Gasteiger partial charge in [-0.3, -0.25) is 0 Å². The number of benzene rings is 1. The van der Waals surface area contributed by atoms with Crippen LogP contribution in [0.5, 0.6) is 17.4 Å². The molecule has 2 aromatic rings. The van der Waals surface area contributed by atoms with Crippen LogP contribution in [-0.4, -0.2) is 23.1 Å². The monoisotopic (exact) mass is 287 g/mol. The Balaban J connectivity index is 2.46. The minimum atomic E-state index is -0.0661. The maximum absolute atomic E-state index is 8.84. The van der Waals surface area contributed by atoms with Crippen molar-refractivity contribution in [3.63, 3.8) is 0 Å². The number of aromatic nitrogens is 1. The Morgan fingerprint density at radius 3 is 2.62 bits per heavy atom. The molecule has 110 valence electrons. The van der Waals surface area contributed by atoms with Gasteiger partial charge in [0.2, 0.25) is 5.88 Å². The molecule has 3 N–H and O–H groups in total. The zero-order valence-corrected chi connectivity index (χ0v) is 12.1. The normalized spacial score (nSPS) is 11.3. The predicted octanol–water partition coefficient (Wildman–Crippen LogP) is 2.59. The largest absolute Gasteiger partial charge is 0.493 e. The van der Waals surface area contributed by atoms with Crippen molar-refractivity contribution in [3.8, 4) is 17.4 Å². The molecule has 0 aliphatic carbocycles. The van der Waals surface area contributed by atoms with Crippen molar-refractivity contribution in [2.45, 2.75) is 13.8 Å². The molecular weight excluding hydrogens is 270 g/mol. The van der Waals surface area contributed by atoms with Crippen LogP contribution < -0.4 is 15.2 Å². The lowest BCUT2D eigenvalue weighted by molar-refractivity contribution is 0.318. The number of hydrogen-bond donors (Lipinski definition) is 2. The van der Waals surface area contributed by atoms with Crippen LogP contribution >= 0.6 is 0 Å². The number of ether oxygens (including phenoxy) is 2. The smallest absolute Gasteiger partial charge is 0.230 e. The Morgan fingerprint density at radius 2 is 1.95 bits per heavy atom. The average Bonchev–Trinajstić information content (AvgIpc) is 2.48. The molecule has 0 aliphatic heterocycles. The van der Waals surface area contributed by atoms with Gasteiger partial charge in [-0.05, 0) is 43.7 Å². The highest BCUT2D eigenvalue weighted by Gasteiger charge is 2.14. The predicted molar refractivity (Wildman–Crippen MR) is 79.3 cm³/mol. The van der Waals surface area contributed by atoms with Crippen LogP contribution in [0.15, 0.2) is 35.5 Å². The highest BCUT2D eigenvalue weighted by molar-refractivity contribution is 5.99. The topological polar surface area (TPSA) is 90.0 Å². The van der Waals surface area contributed by atoms with Gasteiger partial charge in [-0.25, -0.2) is 4.98 Å². The van der Waals surface area contributed by atoms with Gasteiger partial charge in [0.15, 0.2) is 17.3 Å². The van der Waals surface area contributed by atoms with Crippen LogP contribution in [-0.2, 0) is 0 Å². The van der Waals surface area contributed by atoms with Crippen LogP contribution in [0.3, 0.4) is 0 Å². The molecule has 21 heavy (non-hydrogen) atoms. The summed E-state index contributed by atoms with van der Waals surface area (Å²) in [4.78, 5) is 4.29. The van der Waals surface area contributed by atoms with Gasteiger partial charge >= 0.3 is 0 Å². The number of methoxy groups -OCH3 is 1. The minimum Gasteiger partial charge on any atom is -0.493 e. The van der Waals surface area contributed by atoms with Crippen LogP contribution in [0.4, 0.5) is 0 Å². The molecule has 0 amide bonds. The summed E-state index contributed by atoms with van der Waals surface area (Å²) in [6, 6.07) is 8.99. The number of nitrogens with zero attached hydrogens (tertiary/aromatic N) is 2. The van der Waals surface area contributed by atoms with Gasteiger partial charge in [0.05, 0.1) is 12.7 Å². The number of hydrogen-bond acceptors (Lipinski definition) is 5. The van der Waals surface area contributed by atoms with Gasteiger partial charge in [0.25, 0.3) is 0 Å². The Bertz CT molecular complexity index is 684. The first-order valence-corrected chi connectivity index (χ1v) is 6.33.